The Kier molecular flexibility index (Phi) is 4.03. The summed E-state index contributed by atoms with van der Waals surface area (Å²) in [6.07, 6.45) is 10.5. The van der Waals surface area contributed by atoms with Gasteiger partial charge in [-0.2, -0.15) is 0 Å². The number of fused-ring (bicyclic) bond motifs is 10. The molecular weight excluding hydrogens is 456 g/mol. The summed E-state index contributed by atoms with van der Waals surface area (Å²) in [6, 6.07) is 19.0. The molecule has 7 aromatic rings. The van der Waals surface area contributed by atoms with Crippen molar-refractivity contribution in [3.63, 3.8) is 0 Å². The highest BCUT2D eigenvalue weighted by atomic mass is 16.3. The van der Waals surface area contributed by atoms with Crippen molar-refractivity contribution in [2.45, 2.75) is 26.7 Å². The van der Waals surface area contributed by atoms with Gasteiger partial charge in [-0.3, -0.25) is 4.98 Å². The number of aryl methyl sites for hydroxylation is 1. The highest BCUT2D eigenvalue weighted by Gasteiger charge is 2.24. The maximum Gasteiger partial charge on any atom is 0.136 e. The van der Waals surface area contributed by atoms with Crippen LogP contribution in [0, 0.1) is 6.92 Å². The zero-order valence-electron chi connectivity index (χ0n) is 20.9. The number of aromatic nitrogens is 2. The van der Waals surface area contributed by atoms with E-state index in [2.05, 4.69) is 91.0 Å². The third-order valence-electron chi connectivity index (χ3n) is 8.04. The van der Waals surface area contributed by atoms with Gasteiger partial charge in [-0.25, -0.2) is 0 Å². The molecule has 8 rings (SSSR count). The van der Waals surface area contributed by atoms with Crippen LogP contribution in [-0.4, -0.2) is 9.55 Å². The first-order valence-corrected chi connectivity index (χ1v) is 12.7. The van der Waals surface area contributed by atoms with Crippen molar-refractivity contribution in [1.82, 2.24) is 9.55 Å². The van der Waals surface area contributed by atoms with E-state index in [9.17, 15) is 0 Å². The fourth-order valence-corrected chi connectivity index (χ4v) is 6.11. The van der Waals surface area contributed by atoms with E-state index in [0.717, 1.165) is 55.1 Å². The van der Waals surface area contributed by atoms with E-state index < -0.39 is 0 Å². The van der Waals surface area contributed by atoms with Gasteiger partial charge < -0.3 is 13.4 Å². The van der Waals surface area contributed by atoms with Crippen LogP contribution in [-0.2, 0) is 0 Å². The SMILES string of the molecule is CC1=CC=Cc2c(c3cnccc3n2-c2ccc3oc4ccc5oc6ccc(C)cc6c5c4c3c2)C1C. The summed E-state index contributed by atoms with van der Waals surface area (Å²) in [5, 5.41) is 5.62. The Bertz CT molecular complexity index is 2130. The summed E-state index contributed by atoms with van der Waals surface area (Å²) >= 11 is 0. The molecule has 0 saturated carbocycles. The van der Waals surface area contributed by atoms with Gasteiger partial charge in [-0.05, 0) is 74.0 Å². The van der Waals surface area contributed by atoms with Crippen molar-refractivity contribution in [3.05, 3.63) is 102 Å². The van der Waals surface area contributed by atoms with Crippen molar-refractivity contribution >= 4 is 60.9 Å². The standard InChI is InChI=1S/C33H24N2O2/c1-18-7-9-27-22(15-18)32-29(36-27)11-12-30-33(32)23-16-21(8-10-28(23)37-30)35-25-13-14-34-17-24(25)31-20(3)19(2)5-4-6-26(31)35/h4-17,20H,1-3H3. The molecule has 4 nitrogen and oxygen atoms in total. The van der Waals surface area contributed by atoms with Gasteiger partial charge in [0.15, 0.2) is 0 Å². The Morgan fingerprint density at radius 2 is 1.49 bits per heavy atom. The highest BCUT2D eigenvalue weighted by molar-refractivity contribution is 6.26. The minimum atomic E-state index is 0.302. The molecule has 4 heterocycles. The molecule has 0 N–H and O–H groups in total. The molecule has 0 aliphatic heterocycles. The monoisotopic (exact) mass is 480 g/mol. The van der Waals surface area contributed by atoms with E-state index in [-0.39, 0.29) is 0 Å². The number of rotatable bonds is 1. The molecule has 0 spiro atoms. The van der Waals surface area contributed by atoms with E-state index in [1.807, 2.05) is 24.5 Å². The van der Waals surface area contributed by atoms with Crippen molar-refractivity contribution in [2.75, 3.05) is 0 Å². The van der Waals surface area contributed by atoms with Gasteiger partial charge >= 0.3 is 0 Å². The van der Waals surface area contributed by atoms with E-state index in [1.165, 1.54) is 27.8 Å². The Balaban J connectivity index is 1.49. The zero-order chi connectivity index (χ0) is 24.8. The van der Waals surface area contributed by atoms with Crippen LogP contribution in [0.3, 0.4) is 0 Å². The lowest BCUT2D eigenvalue weighted by molar-refractivity contribution is 0.663. The number of benzene rings is 3. The Morgan fingerprint density at radius 3 is 2.27 bits per heavy atom. The summed E-state index contributed by atoms with van der Waals surface area (Å²) in [6.45, 7) is 6.60. The zero-order valence-corrected chi connectivity index (χ0v) is 20.9. The predicted molar refractivity (Wildman–Crippen MR) is 152 cm³/mol. The number of pyridine rings is 1. The molecule has 1 unspecified atom stereocenters. The molecule has 0 saturated heterocycles. The molecule has 0 radical (unpaired) electrons. The molecule has 0 bridgehead atoms. The average Bonchev–Trinajstić information content (AvgIpc) is 3.53. The summed E-state index contributed by atoms with van der Waals surface area (Å²) in [5.74, 6) is 0.302. The van der Waals surface area contributed by atoms with Gasteiger partial charge in [-0.15, -0.1) is 0 Å². The third kappa shape index (κ3) is 2.75. The summed E-state index contributed by atoms with van der Waals surface area (Å²) in [7, 11) is 0. The van der Waals surface area contributed by atoms with Crippen LogP contribution >= 0.6 is 0 Å². The smallest absolute Gasteiger partial charge is 0.136 e. The van der Waals surface area contributed by atoms with Crippen LogP contribution in [0.4, 0.5) is 0 Å². The van der Waals surface area contributed by atoms with Crippen LogP contribution in [0.1, 0.15) is 36.6 Å². The fourth-order valence-electron chi connectivity index (χ4n) is 6.11. The van der Waals surface area contributed by atoms with Crippen LogP contribution in [0.15, 0.2) is 93.6 Å². The molecule has 37 heavy (non-hydrogen) atoms. The van der Waals surface area contributed by atoms with Gasteiger partial charge in [0.1, 0.15) is 22.3 Å². The number of nitrogens with zero attached hydrogens (tertiary/aromatic N) is 2. The average molecular weight is 481 g/mol. The maximum atomic E-state index is 6.35. The number of hydrogen-bond donors (Lipinski definition) is 0. The quantitative estimate of drug-likeness (QED) is 0.235. The molecule has 1 aliphatic rings. The molecule has 4 heteroatoms. The van der Waals surface area contributed by atoms with Gasteiger partial charge in [0.2, 0.25) is 0 Å². The molecule has 0 amide bonds. The Hall–Kier alpha value is -4.57. The molecule has 178 valence electrons. The number of allylic oxidation sites excluding steroid dienone is 3. The first-order chi connectivity index (χ1) is 18.1. The topological polar surface area (TPSA) is 44.1 Å². The molecular formula is C33H24N2O2. The Labute approximate surface area is 213 Å². The predicted octanol–water partition coefficient (Wildman–Crippen LogP) is 9.21. The summed E-state index contributed by atoms with van der Waals surface area (Å²) in [5.41, 5.74) is 10.9. The second-order valence-corrected chi connectivity index (χ2v) is 10.2. The fraction of sp³-hybridized carbons (Fsp3) is 0.121. The van der Waals surface area contributed by atoms with Crippen LogP contribution in [0.25, 0.3) is 66.5 Å². The minimum Gasteiger partial charge on any atom is -0.456 e. The van der Waals surface area contributed by atoms with E-state index >= 15 is 0 Å². The first-order valence-electron chi connectivity index (χ1n) is 12.7. The van der Waals surface area contributed by atoms with Gasteiger partial charge in [0.25, 0.3) is 0 Å². The summed E-state index contributed by atoms with van der Waals surface area (Å²) in [4.78, 5) is 4.48. The van der Waals surface area contributed by atoms with E-state index in [4.69, 9.17) is 8.83 Å². The molecule has 1 atom stereocenters. The second kappa shape index (κ2) is 7.23. The van der Waals surface area contributed by atoms with Crippen LogP contribution < -0.4 is 0 Å². The maximum absolute atomic E-state index is 6.35. The largest absolute Gasteiger partial charge is 0.456 e. The van der Waals surface area contributed by atoms with Crippen molar-refractivity contribution in [3.8, 4) is 5.69 Å². The number of furan rings is 2. The van der Waals surface area contributed by atoms with Gasteiger partial charge in [0, 0.05) is 50.9 Å². The van der Waals surface area contributed by atoms with E-state index in [1.54, 1.807) is 0 Å². The van der Waals surface area contributed by atoms with Crippen LogP contribution in [0.5, 0.6) is 0 Å². The highest BCUT2D eigenvalue weighted by Crippen LogP contribution is 2.43. The van der Waals surface area contributed by atoms with E-state index in [0.29, 0.717) is 5.92 Å². The minimum absolute atomic E-state index is 0.302. The first kappa shape index (κ1) is 20.6. The lowest BCUT2D eigenvalue weighted by atomic mass is 9.93. The van der Waals surface area contributed by atoms with Crippen molar-refractivity contribution < 1.29 is 8.83 Å². The molecule has 3 aromatic carbocycles. The van der Waals surface area contributed by atoms with Gasteiger partial charge in [-0.1, -0.05) is 36.3 Å². The normalized spacial score (nSPS) is 15.8. The second-order valence-electron chi connectivity index (χ2n) is 10.2. The van der Waals surface area contributed by atoms with Crippen LogP contribution in [0.2, 0.25) is 0 Å². The van der Waals surface area contributed by atoms with Crippen molar-refractivity contribution in [2.24, 2.45) is 0 Å². The van der Waals surface area contributed by atoms with Gasteiger partial charge in [0.05, 0.1) is 11.2 Å². The molecule has 4 aromatic heterocycles. The van der Waals surface area contributed by atoms with Crippen molar-refractivity contribution in [1.29, 1.82) is 0 Å². The molecule has 0 fully saturated rings. The lowest BCUT2D eigenvalue weighted by Crippen LogP contribution is -1.99. The third-order valence-corrected chi connectivity index (χ3v) is 8.04. The summed E-state index contributed by atoms with van der Waals surface area (Å²) < 4.78 is 14.9. The lowest BCUT2D eigenvalue weighted by Gasteiger charge is -2.13. The molecule has 1 aliphatic carbocycles. The number of hydrogen-bond acceptors (Lipinski definition) is 3. The Morgan fingerprint density at radius 1 is 0.784 bits per heavy atom.